The highest BCUT2D eigenvalue weighted by Crippen LogP contribution is 2.16. The summed E-state index contributed by atoms with van der Waals surface area (Å²) in [6, 6.07) is 11.4. The van der Waals surface area contributed by atoms with E-state index in [0.29, 0.717) is 11.5 Å². The van der Waals surface area contributed by atoms with Gasteiger partial charge in [-0.25, -0.2) is 14.3 Å². The molecule has 0 fully saturated rings. The van der Waals surface area contributed by atoms with Crippen LogP contribution in [0.5, 0.6) is 0 Å². The van der Waals surface area contributed by atoms with Gasteiger partial charge in [-0.3, -0.25) is 0 Å². The topological polar surface area (TPSA) is 79.5 Å². The number of imidazole rings is 1. The zero-order valence-electron chi connectivity index (χ0n) is 10.7. The minimum absolute atomic E-state index is 0.0230. The quantitative estimate of drug-likeness (QED) is 0.762. The van der Waals surface area contributed by atoms with Crippen LogP contribution in [0.3, 0.4) is 0 Å². The largest absolute Gasteiger partial charge is 0.476 e. The molecule has 2 aromatic heterocycles. The molecule has 0 bridgehead atoms. The average molecular weight is 268 g/mol. The summed E-state index contributed by atoms with van der Waals surface area (Å²) in [5, 5.41) is 16.4. The van der Waals surface area contributed by atoms with Crippen molar-refractivity contribution in [1.82, 2.24) is 14.6 Å². The lowest BCUT2D eigenvalue weighted by Crippen LogP contribution is -1.98. The van der Waals surface area contributed by atoms with Crippen molar-refractivity contribution in [3.8, 4) is 0 Å². The first-order chi connectivity index (χ1) is 9.61. The first-order valence-corrected chi connectivity index (χ1v) is 6.05. The Morgan fingerprint density at radius 2 is 2.15 bits per heavy atom. The molecule has 2 heterocycles. The Kier molecular flexibility index (Phi) is 2.83. The van der Waals surface area contributed by atoms with Crippen molar-refractivity contribution >= 4 is 23.1 Å². The molecule has 0 unspecified atom stereocenters. The van der Waals surface area contributed by atoms with Gasteiger partial charge in [0, 0.05) is 5.69 Å². The first-order valence-electron chi connectivity index (χ1n) is 6.05. The van der Waals surface area contributed by atoms with Gasteiger partial charge in [-0.05, 0) is 36.8 Å². The number of carboxylic acid groups (broad SMARTS) is 1. The molecule has 6 nitrogen and oxygen atoms in total. The third-order valence-electron chi connectivity index (χ3n) is 2.83. The summed E-state index contributed by atoms with van der Waals surface area (Å²) in [5.41, 5.74) is 2.55. The summed E-state index contributed by atoms with van der Waals surface area (Å²) in [6.45, 7) is 2.01. The van der Waals surface area contributed by atoms with Gasteiger partial charge in [-0.2, -0.15) is 0 Å². The zero-order chi connectivity index (χ0) is 14.1. The summed E-state index contributed by atoms with van der Waals surface area (Å²) in [5.74, 6) is -0.443. The molecule has 2 N–H and O–H groups in total. The van der Waals surface area contributed by atoms with E-state index < -0.39 is 5.97 Å². The van der Waals surface area contributed by atoms with Gasteiger partial charge in [-0.15, -0.1) is 5.10 Å². The molecular formula is C14H12N4O2. The van der Waals surface area contributed by atoms with Crippen molar-refractivity contribution in [2.45, 2.75) is 6.92 Å². The van der Waals surface area contributed by atoms with Crippen LogP contribution in [-0.2, 0) is 0 Å². The SMILES string of the molecule is Cc1cccc(Nc2ccc3nc(C(=O)O)cn3n2)c1. The molecule has 0 aliphatic carbocycles. The Morgan fingerprint density at radius 3 is 2.90 bits per heavy atom. The maximum atomic E-state index is 10.9. The second-order valence-electron chi connectivity index (χ2n) is 4.45. The molecule has 3 aromatic rings. The van der Waals surface area contributed by atoms with Gasteiger partial charge in [0.05, 0.1) is 6.20 Å². The molecule has 100 valence electrons. The number of carboxylic acids is 1. The second-order valence-corrected chi connectivity index (χ2v) is 4.45. The minimum atomic E-state index is -1.07. The Hall–Kier alpha value is -2.89. The number of aromatic nitrogens is 3. The van der Waals surface area contributed by atoms with Gasteiger partial charge in [-0.1, -0.05) is 12.1 Å². The van der Waals surface area contributed by atoms with Crippen LogP contribution in [0.2, 0.25) is 0 Å². The van der Waals surface area contributed by atoms with Gasteiger partial charge in [0.2, 0.25) is 0 Å². The number of rotatable bonds is 3. The lowest BCUT2D eigenvalue weighted by molar-refractivity contribution is 0.0691. The van der Waals surface area contributed by atoms with Crippen LogP contribution in [0.4, 0.5) is 11.5 Å². The molecule has 0 aliphatic rings. The number of hydrogen-bond acceptors (Lipinski definition) is 4. The van der Waals surface area contributed by atoms with E-state index in [2.05, 4.69) is 15.4 Å². The van der Waals surface area contributed by atoms with E-state index in [-0.39, 0.29) is 5.69 Å². The van der Waals surface area contributed by atoms with Crippen molar-refractivity contribution in [2.75, 3.05) is 5.32 Å². The molecule has 0 aliphatic heterocycles. The fraction of sp³-hybridized carbons (Fsp3) is 0.0714. The highest BCUT2D eigenvalue weighted by Gasteiger charge is 2.09. The Balaban J connectivity index is 1.94. The predicted octanol–water partition coefficient (Wildman–Crippen LogP) is 2.48. The van der Waals surface area contributed by atoms with Crippen LogP contribution in [0.25, 0.3) is 5.65 Å². The number of aryl methyl sites for hydroxylation is 1. The van der Waals surface area contributed by atoms with E-state index in [1.807, 2.05) is 31.2 Å². The molecule has 0 amide bonds. The standard InChI is InChI=1S/C14H12N4O2/c1-9-3-2-4-10(7-9)15-12-5-6-13-16-11(14(19)20)8-18(13)17-12/h2-8H,1H3,(H,15,17)(H,19,20). The van der Waals surface area contributed by atoms with Crippen LogP contribution in [0, 0.1) is 6.92 Å². The van der Waals surface area contributed by atoms with Crippen LogP contribution >= 0.6 is 0 Å². The number of nitrogens with zero attached hydrogens (tertiary/aromatic N) is 3. The van der Waals surface area contributed by atoms with E-state index in [0.717, 1.165) is 11.3 Å². The summed E-state index contributed by atoms with van der Waals surface area (Å²) >= 11 is 0. The number of aromatic carboxylic acids is 1. The Morgan fingerprint density at radius 1 is 1.30 bits per heavy atom. The van der Waals surface area contributed by atoms with Crippen LogP contribution in [0.15, 0.2) is 42.6 Å². The van der Waals surface area contributed by atoms with Crippen molar-refractivity contribution < 1.29 is 9.90 Å². The zero-order valence-corrected chi connectivity index (χ0v) is 10.7. The molecular weight excluding hydrogens is 256 g/mol. The molecule has 0 radical (unpaired) electrons. The van der Waals surface area contributed by atoms with Gasteiger partial charge in [0.1, 0.15) is 0 Å². The lowest BCUT2D eigenvalue weighted by atomic mass is 10.2. The first kappa shape index (κ1) is 12.2. The van der Waals surface area contributed by atoms with Crippen LogP contribution in [-0.4, -0.2) is 25.7 Å². The number of carbonyl (C=O) groups is 1. The van der Waals surface area contributed by atoms with E-state index in [9.17, 15) is 4.79 Å². The highest BCUT2D eigenvalue weighted by atomic mass is 16.4. The summed E-state index contributed by atoms with van der Waals surface area (Å²) < 4.78 is 1.45. The molecule has 0 spiro atoms. The summed E-state index contributed by atoms with van der Waals surface area (Å²) in [7, 11) is 0. The second kappa shape index (κ2) is 4.65. The number of nitrogens with one attached hydrogen (secondary N) is 1. The number of fused-ring (bicyclic) bond motifs is 1. The minimum Gasteiger partial charge on any atom is -0.476 e. The predicted molar refractivity (Wildman–Crippen MR) is 74.4 cm³/mol. The fourth-order valence-corrected chi connectivity index (χ4v) is 1.92. The molecule has 6 heteroatoms. The number of hydrogen-bond donors (Lipinski definition) is 2. The highest BCUT2D eigenvalue weighted by molar-refractivity contribution is 5.86. The monoisotopic (exact) mass is 268 g/mol. The van der Waals surface area contributed by atoms with E-state index in [1.54, 1.807) is 12.1 Å². The Labute approximate surface area is 114 Å². The Bertz CT molecular complexity index is 795. The normalized spacial score (nSPS) is 10.7. The molecule has 0 saturated heterocycles. The number of benzene rings is 1. The van der Waals surface area contributed by atoms with Gasteiger partial charge < -0.3 is 10.4 Å². The number of anilines is 2. The average Bonchev–Trinajstić information content (AvgIpc) is 2.82. The van der Waals surface area contributed by atoms with Crippen molar-refractivity contribution in [3.05, 3.63) is 53.9 Å². The molecule has 1 aromatic carbocycles. The van der Waals surface area contributed by atoms with Crippen molar-refractivity contribution in [1.29, 1.82) is 0 Å². The van der Waals surface area contributed by atoms with Gasteiger partial charge >= 0.3 is 5.97 Å². The maximum absolute atomic E-state index is 10.9. The van der Waals surface area contributed by atoms with Crippen molar-refractivity contribution in [2.24, 2.45) is 0 Å². The van der Waals surface area contributed by atoms with E-state index in [1.165, 1.54) is 10.7 Å². The smallest absolute Gasteiger partial charge is 0.356 e. The maximum Gasteiger partial charge on any atom is 0.356 e. The van der Waals surface area contributed by atoms with Crippen LogP contribution < -0.4 is 5.32 Å². The molecule has 20 heavy (non-hydrogen) atoms. The van der Waals surface area contributed by atoms with Crippen molar-refractivity contribution in [3.63, 3.8) is 0 Å². The van der Waals surface area contributed by atoms with E-state index >= 15 is 0 Å². The lowest BCUT2D eigenvalue weighted by Gasteiger charge is -2.06. The third kappa shape index (κ3) is 2.31. The summed E-state index contributed by atoms with van der Waals surface area (Å²) in [6.07, 6.45) is 1.39. The van der Waals surface area contributed by atoms with Gasteiger partial charge in [0.15, 0.2) is 17.2 Å². The molecule has 3 rings (SSSR count). The van der Waals surface area contributed by atoms with E-state index in [4.69, 9.17) is 5.11 Å². The van der Waals surface area contributed by atoms with Crippen LogP contribution in [0.1, 0.15) is 16.1 Å². The fourth-order valence-electron chi connectivity index (χ4n) is 1.92. The third-order valence-corrected chi connectivity index (χ3v) is 2.83. The molecule has 0 atom stereocenters. The summed E-state index contributed by atoms with van der Waals surface area (Å²) in [4.78, 5) is 14.8. The van der Waals surface area contributed by atoms with Gasteiger partial charge in [0.25, 0.3) is 0 Å². The molecule has 0 saturated carbocycles.